The zero-order chi connectivity index (χ0) is 14.2. The lowest BCUT2D eigenvalue weighted by Crippen LogP contribution is -2.13. The third-order valence-electron chi connectivity index (χ3n) is 3.01. The van der Waals surface area contributed by atoms with Gasteiger partial charge in [-0.05, 0) is 43.3 Å². The number of benzene rings is 2. The summed E-state index contributed by atoms with van der Waals surface area (Å²) < 4.78 is 11.5. The summed E-state index contributed by atoms with van der Waals surface area (Å²) in [5.74, 6) is 1.69. The van der Waals surface area contributed by atoms with Crippen molar-refractivity contribution in [2.75, 3.05) is 13.2 Å². The van der Waals surface area contributed by atoms with Gasteiger partial charge in [0, 0.05) is 6.42 Å². The number of ether oxygens (including phenoxy) is 2. The van der Waals surface area contributed by atoms with Gasteiger partial charge in [0.2, 0.25) is 0 Å². The molecule has 1 unspecified atom stereocenters. The topological polar surface area (TPSA) is 44.5 Å². The van der Waals surface area contributed by atoms with Gasteiger partial charge in [0.05, 0.1) is 6.61 Å². The molecule has 2 aromatic rings. The highest BCUT2D eigenvalue weighted by Gasteiger charge is 2.12. The van der Waals surface area contributed by atoms with Gasteiger partial charge in [-0.3, -0.25) is 0 Å². The van der Waals surface area contributed by atoms with E-state index in [2.05, 4.69) is 12.1 Å². The molecule has 0 aliphatic carbocycles. The second-order valence-electron chi connectivity index (χ2n) is 4.50. The van der Waals surface area contributed by atoms with Crippen molar-refractivity contribution in [1.29, 1.82) is 0 Å². The van der Waals surface area contributed by atoms with E-state index in [4.69, 9.17) is 15.2 Å². The van der Waals surface area contributed by atoms with Crippen molar-refractivity contribution < 1.29 is 9.47 Å². The largest absolute Gasteiger partial charge is 0.494 e. The zero-order valence-electron chi connectivity index (χ0n) is 11.8. The van der Waals surface area contributed by atoms with Crippen LogP contribution in [0.25, 0.3) is 0 Å². The molecule has 0 radical (unpaired) electrons. The molecule has 0 saturated heterocycles. The first kappa shape index (κ1) is 14.4. The van der Waals surface area contributed by atoms with E-state index < -0.39 is 0 Å². The molecule has 0 saturated carbocycles. The molecule has 0 aliphatic heterocycles. The summed E-state index contributed by atoms with van der Waals surface area (Å²) >= 11 is 0. The summed E-state index contributed by atoms with van der Waals surface area (Å²) in [7, 11) is 0. The molecular formula is C17H21NO2. The van der Waals surface area contributed by atoms with E-state index in [-0.39, 0.29) is 6.10 Å². The zero-order valence-corrected chi connectivity index (χ0v) is 11.8. The van der Waals surface area contributed by atoms with Gasteiger partial charge < -0.3 is 15.2 Å². The summed E-state index contributed by atoms with van der Waals surface area (Å²) in [5, 5.41) is 0. The Morgan fingerprint density at radius 3 is 2.20 bits per heavy atom. The number of nitrogens with two attached hydrogens (primary N) is 1. The SMILES string of the molecule is CCOc1ccc(OC(CCN)c2ccccc2)cc1. The highest BCUT2D eigenvalue weighted by atomic mass is 16.5. The molecule has 0 bridgehead atoms. The minimum atomic E-state index is -0.0147. The molecule has 0 aromatic heterocycles. The Balaban J connectivity index is 2.08. The molecule has 0 amide bonds. The lowest BCUT2D eigenvalue weighted by Gasteiger charge is -2.19. The highest BCUT2D eigenvalue weighted by molar-refractivity contribution is 5.32. The van der Waals surface area contributed by atoms with Crippen molar-refractivity contribution in [3.05, 3.63) is 60.2 Å². The summed E-state index contributed by atoms with van der Waals surface area (Å²) in [6, 6.07) is 17.9. The summed E-state index contributed by atoms with van der Waals surface area (Å²) in [6.45, 7) is 3.23. The van der Waals surface area contributed by atoms with Crippen LogP contribution in [0.3, 0.4) is 0 Å². The van der Waals surface area contributed by atoms with Crippen LogP contribution in [0.2, 0.25) is 0 Å². The van der Waals surface area contributed by atoms with Gasteiger partial charge in [-0.1, -0.05) is 30.3 Å². The molecular weight excluding hydrogens is 250 g/mol. The Morgan fingerprint density at radius 1 is 0.950 bits per heavy atom. The second-order valence-corrected chi connectivity index (χ2v) is 4.50. The number of hydrogen-bond acceptors (Lipinski definition) is 3. The average molecular weight is 271 g/mol. The lowest BCUT2D eigenvalue weighted by atomic mass is 10.1. The molecule has 20 heavy (non-hydrogen) atoms. The predicted molar refractivity (Wildman–Crippen MR) is 81.1 cm³/mol. The molecule has 0 heterocycles. The molecule has 106 valence electrons. The number of rotatable bonds is 7. The van der Waals surface area contributed by atoms with Crippen LogP contribution < -0.4 is 15.2 Å². The van der Waals surface area contributed by atoms with Gasteiger partial charge in [0.15, 0.2) is 0 Å². The van der Waals surface area contributed by atoms with Crippen molar-refractivity contribution in [2.45, 2.75) is 19.4 Å². The van der Waals surface area contributed by atoms with Crippen molar-refractivity contribution in [3.63, 3.8) is 0 Å². The van der Waals surface area contributed by atoms with Gasteiger partial charge in [0.1, 0.15) is 17.6 Å². The maximum Gasteiger partial charge on any atom is 0.125 e. The van der Waals surface area contributed by atoms with Crippen LogP contribution in [0, 0.1) is 0 Å². The van der Waals surface area contributed by atoms with E-state index in [9.17, 15) is 0 Å². The van der Waals surface area contributed by atoms with Crippen molar-refractivity contribution in [3.8, 4) is 11.5 Å². The average Bonchev–Trinajstić information content (AvgIpc) is 2.50. The molecule has 2 N–H and O–H groups in total. The predicted octanol–water partition coefficient (Wildman–Crippen LogP) is 3.55. The van der Waals surface area contributed by atoms with Crippen molar-refractivity contribution >= 4 is 0 Å². The van der Waals surface area contributed by atoms with Crippen molar-refractivity contribution in [1.82, 2.24) is 0 Å². The fraction of sp³-hybridized carbons (Fsp3) is 0.294. The quantitative estimate of drug-likeness (QED) is 0.837. The molecule has 2 aromatic carbocycles. The van der Waals surface area contributed by atoms with Crippen LogP contribution in [0.4, 0.5) is 0 Å². The normalized spacial score (nSPS) is 11.9. The summed E-state index contributed by atoms with van der Waals surface area (Å²) in [5.41, 5.74) is 6.83. The molecule has 3 heteroatoms. The Kier molecular flexibility index (Phi) is 5.44. The van der Waals surface area contributed by atoms with Crippen LogP contribution in [0.5, 0.6) is 11.5 Å². The van der Waals surface area contributed by atoms with Gasteiger partial charge in [-0.25, -0.2) is 0 Å². The molecule has 2 rings (SSSR count). The molecule has 3 nitrogen and oxygen atoms in total. The number of hydrogen-bond donors (Lipinski definition) is 1. The summed E-state index contributed by atoms with van der Waals surface area (Å²) in [4.78, 5) is 0. The monoisotopic (exact) mass is 271 g/mol. The van der Waals surface area contributed by atoms with E-state index in [0.717, 1.165) is 23.5 Å². The maximum atomic E-state index is 6.04. The third-order valence-corrected chi connectivity index (χ3v) is 3.01. The van der Waals surface area contributed by atoms with Crippen LogP contribution in [0.15, 0.2) is 54.6 Å². The van der Waals surface area contributed by atoms with Crippen LogP contribution in [-0.4, -0.2) is 13.2 Å². The molecule has 0 spiro atoms. The lowest BCUT2D eigenvalue weighted by molar-refractivity contribution is 0.197. The standard InChI is InChI=1S/C17H21NO2/c1-2-19-15-8-10-16(11-9-15)20-17(12-13-18)14-6-4-3-5-7-14/h3-11,17H,2,12-13,18H2,1H3. The van der Waals surface area contributed by atoms with Crippen LogP contribution in [0.1, 0.15) is 25.0 Å². The minimum Gasteiger partial charge on any atom is -0.494 e. The molecule has 0 aliphatic rings. The fourth-order valence-corrected chi connectivity index (χ4v) is 2.06. The molecule has 1 atom stereocenters. The van der Waals surface area contributed by atoms with Crippen LogP contribution in [-0.2, 0) is 0 Å². The van der Waals surface area contributed by atoms with Gasteiger partial charge in [0.25, 0.3) is 0 Å². The fourth-order valence-electron chi connectivity index (χ4n) is 2.06. The van der Waals surface area contributed by atoms with E-state index in [0.29, 0.717) is 13.2 Å². The van der Waals surface area contributed by atoms with Gasteiger partial charge >= 0.3 is 0 Å². The summed E-state index contributed by atoms with van der Waals surface area (Å²) in [6.07, 6.45) is 0.774. The van der Waals surface area contributed by atoms with E-state index in [1.54, 1.807) is 0 Å². The highest BCUT2D eigenvalue weighted by Crippen LogP contribution is 2.26. The van der Waals surface area contributed by atoms with E-state index in [1.165, 1.54) is 0 Å². The Bertz CT molecular complexity index is 496. The first-order valence-corrected chi connectivity index (χ1v) is 6.98. The molecule has 0 fully saturated rings. The first-order chi connectivity index (χ1) is 9.83. The third kappa shape index (κ3) is 4.00. The van der Waals surface area contributed by atoms with Gasteiger partial charge in [-0.2, -0.15) is 0 Å². The Morgan fingerprint density at radius 2 is 1.60 bits per heavy atom. The minimum absolute atomic E-state index is 0.0147. The second kappa shape index (κ2) is 7.56. The van der Waals surface area contributed by atoms with E-state index in [1.807, 2.05) is 49.4 Å². The van der Waals surface area contributed by atoms with Gasteiger partial charge in [-0.15, -0.1) is 0 Å². The van der Waals surface area contributed by atoms with Crippen LogP contribution >= 0.6 is 0 Å². The first-order valence-electron chi connectivity index (χ1n) is 6.98. The Hall–Kier alpha value is -2.00. The maximum absolute atomic E-state index is 6.04. The van der Waals surface area contributed by atoms with E-state index >= 15 is 0 Å². The van der Waals surface area contributed by atoms with Crippen molar-refractivity contribution in [2.24, 2.45) is 5.73 Å². The Labute approximate surface area is 120 Å². The smallest absolute Gasteiger partial charge is 0.125 e.